The third-order valence-corrected chi connectivity index (χ3v) is 0.626. The summed E-state index contributed by atoms with van der Waals surface area (Å²) in [4.78, 5) is 10.3. The molecule has 0 aliphatic carbocycles. The van der Waals surface area contributed by atoms with Crippen LogP contribution < -0.4 is 0 Å². The molecule has 0 aliphatic rings. The molecule has 0 heterocycles. The Balaban J connectivity index is 4.00. The predicted molar refractivity (Wildman–Crippen MR) is 40.7 cm³/mol. The maximum atomic E-state index is 10.3. The molecule has 0 bridgehead atoms. The number of ether oxygens (including phenoxy) is 1. The van der Waals surface area contributed by atoms with Gasteiger partial charge < -0.3 is 4.74 Å². The smallest absolute Gasteiger partial charge is 0.385 e. The first-order valence-electron chi connectivity index (χ1n) is 2.67. The maximum Gasteiger partial charge on any atom is 0.385 e. The summed E-state index contributed by atoms with van der Waals surface area (Å²) in [5, 5.41) is 0. The highest BCUT2D eigenvalue weighted by atomic mass is 16.5. The van der Waals surface area contributed by atoms with Crippen LogP contribution in [0.4, 0.5) is 0 Å². The lowest BCUT2D eigenvalue weighted by molar-refractivity contribution is -0.133. The van der Waals surface area contributed by atoms with Crippen molar-refractivity contribution < 1.29 is 9.53 Å². The normalized spacial score (nSPS) is 5.18. The fourth-order valence-corrected chi connectivity index (χ4v) is 0.240. The van der Waals surface area contributed by atoms with E-state index < -0.39 is 5.97 Å². The Labute approximate surface area is 65.9 Å². The van der Waals surface area contributed by atoms with E-state index in [9.17, 15) is 4.79 Å². The van der Waals surface area contributed by atoms with Gasteiger partial charge in [0.2, 0.25) is 0 Å². The molecule has 0 N–H and O–H groups in total. The molecule has 0 aromatic carbocycles. The van der Waals surface area contributed by atoms with E-state index in [0.717, 1.165) is 0 Å². The molecule has 2 nitrogen and oxygen atoms in total. The van der Waals surface area contributed by atoms with Crippen molar-refractivity contribution in [3.8, 4) is 35.5 Å². The topological polar surface area (TPSA) is 26.3 Å². The highest BCUT2D eigenvalue weighted by Crippen LogP contribution is 1.65. The molecule has 2 heteroatoms. The number of carbonyl (C=O) groups is 1. The minimum absolute atomic E-state index is 0.609. The van der Waals surface area contributed by atoms with Crippen molar-refractivity contribution in [1.82, 2.24) is 0 Å². The first kappa shape index (κ1) is 9.02. The first-order valence-corrected chi connectivity index (χ1v) is 2.67. The van der Waals surface area contributed by atoms with Crippen LogP contribution in [0.3, 0.4) is 0 Å². The lowest BCUT2D eigenvalue weighted by Crippen LogP contribution is -1.93. The minimum atomic E-state index is -0.609. The molecule has 54 valence electrons. The second-order valence-corrected chi connectivity index (χ2v) is 1.29. The van der Waals surface area contributed by atoms with Gasteiger partial charge in [0.15, 0.2) is 0 Å². The van der Waals surface area contributed by atoms with E-state index in [0.29, 0.717) is 0 Å². The van der Waals surface area contributed by atoms with Crippen molar-refractivity contribution in [3.63, 3.8) is 0 Å². The van der Waals surface area contributed by atoms with Crippen molar-refractivity contribution in [2.75, 3.05) is 7.11 Å². The number of hydrogen-bond donors (Lipinski definition) is 0. The molecular weight excluding hydrogens is 140 g/mol. The number of hydrogen-bond acceptors (Lipinski definition) is 2. The number of rotatable bonds is 0. The molecule has 0 aliphatic heterocycles. The summed E-state index contributed by atoms with van der Waals surface area (Å²) in [6.45, 7) is 3.23. The van der Waals surface area contributed by atoms with Crippen LogP contribution in [0.1, 0.15) is 0 Å². The summed E-state index contributed by atoms with van der Waals surface area (Å²) < 4.78 is 4.23. The number of methoxy groups -OCH3 is 1. The van der Waals surface area contributed by atoms with Crippen LogP contribution in [0.2, 0.25) is 0 Å². The van der Waals surface area contributed by atoms with Crippen LogP contribution in [0.25, 0.3) is 0 Å². The molecule has 0 unspecified atom stereocenters. The van der Waals surface area contributed by atoms with Gasteiger partial charge in [-0.1, -0.05) is 0 Å². The molecule has 0 atom stereocenters. The number of carbonyl (C=O) groups excluding carboxylic acids is 1. The zero-order chi connectivity index (χ0) is 8.53. The average Bonchev–Trinajstić information content (AvgIpc) is 2.04. The van der Waals surface area contributed by atoms with Gasteiger partial charge in [-0.05, 0) is 11.8 Å². The zero-order valence-corrected chi connectivity index (χ0v) is 6.02. The van der Waals surface area contributed by atoms with Gasteiger partial charge in [-0.3, -0.25) is 5.92 Å². The number of esters is 1. The molecule has 0 spiro atoms. The van der Waals surface area contributed by atoms with E-state index in [4.69, 9.17) is 0 Å². The molecule has 0 amide bonds. The fraction of sp³-hybridized carbons (Fsp3) is 0.111. The molecule has 0 saturated carbocycles. The lowest BCUT2D eigenvalue weighted by atomic mass is 10.5. The highest BCUT2D eigenvalue weighted by Gasteiger charge is 1.85. The van der Waals surface area contributed by atoms with Crippen LogP contribution in [0.15, 0.2) is 0 Å². The Bertz CT molecular complexity index is 307. The molecule has 11 heavy (non-hydrogen) atoms. The summed E-state index contributed by atoms with van der Waals surface area (Å²) in [6.07, 6.45) is 0. The molecule has 0 fully saturated rings. The van der Waals surface area contributed by atoms with Crippen LogP contribution in [0.5, 0.6) is 0 Å². The third kappa shape index (κ3) is 5.90. The Hall–Kier alpha value is -1.98. The summed E-state index contributed by atoms with van der Waals surface area (Å²) in [5.74, 6) is 13.1. The van der Waals surface area contributed by atoms with Gasteiger partial charge in [0.05, 0.1) is 7.11 Å². The molecule has 0 rings (SSSR count). The lowest BCUT2D eigenvalue weighted by Gasteiger charge is -1.81. The summed E-state index contributed by atoms with van der Waals surface area (Å²) in [7, 11) is 1.25. The predicted octanol–water partition coefficient (Wildman–Crippen LogP) is 0.00369. The molecule has 0 saturated heterocycles. The van der Waals surface area contributed by atoms with Gasteiger partial charge in [0.25, 0.3) is 0 Å². The van der Waals surface area contributed by atoms with E-state index in [1.807, 2.05) is 0 Å². The average molecular weight is 145 g/mol. The molecule has 0 radical (unpaired) electrons. The quantitative estimate of drug-likeness (QED) is 0.207. The van der Waals surface area contributed by atoms with E-state index in [1.54, 1.807) is 0 Å². The summed E-state index contributed by atoms with van der Waals surface area (Å²) in [6, 6.07) is 0. The van der Waals surface area contributed by atoms with Gasteiger partial charge in [-0.15, -0.1) is 5.92 Å². The largest absolute Gasteiger partial charge is 0.459 e. The monoisotopic (exact) mass is 145 g/mol. The van der Waals surface area contributed by atoms with Crippen LogP contribution in [0, 0.1) is 42.4 Å². The van der Waals surface area contributed by atoms with Crippen molar-refractivity contribution in [1.29, 1.82) is 0 Å². The van der Waals surface area contributed by atoms with Crippen LogP contribution >= 0.6 is 0 Å². The van der Waals surface area contributed by atoms with Crippen LogP contribution in [-0.4, -0.2) is 13.1 Å². The Morgan fingerprint density at radius 3 is 2.45 bits per heavy atom. The van der Waals surface area contributed by atoms with E-state index >= 15 is 0 Å². The van der Waals surface area contributed by atoms with Crippen molar-refractivity contribution >= 4 is 5.97 Å². The fourth-order valence-electron chi connectivity index (χ4n) is 0.240. The Morgan fingerprint density at radius 2 is 1.91 bits per heavy atom. The van der Waals surface area contributed by atoms with Crippen molar-refractivity contribution in [2.45, 2.75) is 0 Å². The Kier molecular flexibility index (Phi) is 5.04. The minimum Gasteiger partial charge on any atom is -0.459 e. The van der Waals surface area contributed by atoms with Gasteiger partial charge >= 0.3 is 5.97 Å². The highest BCUT2D eigenvalue weighted by molar-refractivity contribution is 5.88. The van der Waals surface area contributed by atoms with Gasteiger partial charge in [-0.25, -0.2) is 10.7 Å². The van der Waals surface area contributed by atoms with Gasteiger partial charge in [0, 0.05) is 5.92 Å². The van der Waals surface area contributed by atoms with E-state index in [1.165, 1.54) is 7.11 Å². The maximum absolute atomic E-state index is 10.3. The SMILES string of the molecule is [CH2-]C#CC#CC#CC(=O)OC. The van der Waals surface area contributed by atoms with Gasteiger partial charge in [0.1, 0.15) is 0 Å². The first-order chi connectivity index (χ1) is 5.31. The molecular formula is C9H5O2-. The molecule has 0 aromatic heterocycles. The standard InChI is InChI=1S/C9H5O2/c1-3-4-5-6-7-8-9(10)11-2/h1H2,2H3/q-1. The van der Waals surface area contributed by atoms with Crippen molar-refractivity contribution in [3.05, 3.63) is 6.92 Å². The second kappa shape index (κ2) is 6.14. The van der Waals surface area contributed by atoms with E-state index in [2.05, 4.69) is 47.2 Å². The summed E-state index contributed by atoms with van der Waals surface area (Å²) in [5.41, 5.74) is 0. The van der Waals surface area contributed by atoms with E-state index in [-0.39, 0.29) is 0 Å². The summed E-state index contributed by atoms with van der Waals surface area (Å²) >= 11 is 0. The van der Waals surface area contributed by atoms with Crippen LogP contribution in [-0.2, 0) is 9.53 Å². The van der Waals surface area contributed by atoms with Crippen molar-refractivity contribution in [2.24, 2.45) is 0 Å². The zero-order valence-electron chi connectivity index (χ0n) is 6.02. The third-order valence-electron chi connectivity index (χ3n) is 0.626. The Morgan fingerprint density at radius 1 is 1.27 bits per heavy atom. The molecule has 0 aromatic rings. The second-order valence-electron chi connectivity index (χ2n) is 1.29. The van der Waals surface area contributed by atoms with Gasteiger partial charge in [-0.2, -0.15) is 6.92 Å².